The van der Waals surface area contributed by atoms with Crippen molar-refractivity contribution in [3.8, 4) is 11.5 Å². The van der Waals surface area contributed by atoms with Gasteiger partial charge in [0.1, 0.15) is 6.61 Å². The van der Waals surface area contributed by atoms with Crippen molar-refractivity contribution < 1.29 is 40.6 Å². The SMILES string of the molecule is COc1cc(C=C2SC(N3CCC(N4CCCCC4)CC3)=NC2=O)ccc1OCc1ccc(C(F)(F)F)cc1C(F)(F)F. The zero-order valence-corrected chi connectivity index (χ0v) is 24.2. The quantitative estimate of drug-likeness (QED) is 0.249. The molecule has 0 radical (unpaired) electrons. The van der Waals surface area contributed by atoms with Gasteiger partial charge >= 0.3 is 12.4 Å². The minimum absolute atomic E-state index is 0.0781. The van der Waals surface area contributed by atoms with Gasteiger partial charge < -0.3 is 19.3 Å². The van der Waals surface area contributed by atoms with Gasteiger partial charge in [-0.1, -0.05) is 18.6 Å². The number of ether oxygens (including phenoxy) is 2. The van der Waals surface area contributed by atoms with Crippen molar-refractivity contribution in [3.05, 3.63) is 63.6 Å². The molecule has 0 aromatic heterocycles. The van der Waals surface area contributed by atoms with Crippen LogP contribution in [0.2, 0.25) is 0 Å². The zero-order valence-electron chi connectivity index (χ0n) is 23.4. The van der Waals surface area contributed by atoms with Gasteiger partial charge in [-0.15, -0.1) is 0 Å². The van der Waals surface area contributed by atoms with Crippen LogP contribution in [0, 0.1) is 0 Å². The first-order valence-corrected chi connectivity index (χ1v) is 14.8. The monoisotopic (exact) mass is 627 g/mol. The van der Waals surface area contributed by atoms with Gasteiger partial charge in [-0.2, -0.15) is 31.3 Å². The highest BCUT2D eigenvalue weighted by Crippen LogP contribution is 2.39. The van der Waals surface area contributed by atoms with E-state index in [1.165, 1.54) is 44.2 Å². The van der Waals surface area contributed by atoms with E-state index in [2.05, 4.69) is 14.8 Å². The van der Waals surface area contributed by atoms with Gasteiger partial charge in [0.05, 0.1) is 23.1 Å². The van der Waals surface area contributed by atoms with Crippen LogP contribution in [0.3, 0.4) is 0 Å². The fourth-order valence-corrected chi connectivity index (χ4v) is 6.55. The van der Waals surface area contributed by atoms with E-state index in [1.54, 1.807) is 18.2 Å². The number of thioether (sulfide) groups is 1. The number of aliphatic imine (C=N–C) groups is 1. The van der Waals surface area contributed by atoms with E-state index in [-0.39, 0.29) is 23.5 Å². The Balaban J connectivity index is 1.23. The second kappa shape index (κ2) is 12.8. The highest BCUT2D eigenvalue weighted by molar-refractivity contribution is 8.18. The first-order valence-electron chi connectivity index (χ1n) is 14.0. The number of amides is 1. The van der Waals surface area contributed by atoms with Crippen LogP contribution in [0.15, 0.2) is 46.3 Å². The van der Waals surface area contributed by atoms with Gasteiger partial charge in [-0.25, -0.2) is 0 Å². The van der Waals surface area contributed by atoms with Gasteiger partial charge in [-0.05, 0) is 86.4 Å². The van der Waals surface area contributed by atoms with Crippen LogP contribution in [0.5, 0.6) is 11.5 Å². The fourth-order valence-electron chi connectivity index (χ4n) is 5.58. The average molecular weight is 628 g/mol. The molecule has 6 nitrogen and oxygen atoms in total. The van der Waals surface area contributed by atoms with Gasteiger partial charge in [0, 0.05) is 24.7 Å². The van der Waals surface area contributed by atoms with Crippen molar-refractivity contribution in [2.45, 2.75) is 57.1 Å². The van der Waals surface area contributed by atoms with Crippen molar-refractivity contribution >= 4 is 28.9 Å². The maximum atomic E-state index is 13.5. The number of nitrogens with zero attached hydrogens (tertiary/aromatic N) is 3. The van der Waals surface area contributed by atoms with E-state index in [0.29, 0.717) is 27.7 Å². The molecular weight excluding hydrogens is 596 g/mol. The molecule has 13 heteroatoms. The summed E-state index contributed by atoms with van der Waals surface area (Å²) < 4.78 is 90.4. The third kappa shape index (κ3) is 7.49. The minimum atomic E-state index is -5.00. The molecule has 0 atom stereocenters. The summed E-state index contributed by atoms with van der Waals surface area (Å²) in [6, 6.07) is 6.64. The molecule has 0 spiro atoms. The van der Waals surface area contributed by atoms with Gasteiger partial charge in [0.2, 0.25) is 0 Å². The van der Waals surface area contributed by atoms with Gasteiger partial charge in [0.25, 0.3) is 5.91 Å². The van der Waals surface area contributed by atoms with Crippen molar-refractivity contribution in [1.82, 2.24) is 9.80 Å². The molecule has 2 saturated heterocycles. The Labute approximate surface area is 249 Å². The third-order valence-corrected chi connectivity index (χ3v) is 8.91. The Bertz CT molecular complexity index is 1390. The normalized spacial score (nSPS) is 20.1. The van der Waals surface area contributed by atoms with Crippen LogP contribution in [0.1, 0.15) is 54.4 Å². The highest BCUT2D eigenvalue weighted by atomic mass is 32.2. The Hall–Kier alpha value is -3.19. The largest absolute Gasteiger partial charge is 0.493 e. The third-order valence-electron chi connectivity index (χ3n) is 7.86. The molecule has 2 aromatic carbocycles. The second-order valence-electron chi connectivity index (χ2n) is 10.7. The molecular formula is C30H31F6N3O3S. The number of carbonyl (C=O) groups is 1. The van der Waals surface area contributed by atoms with E-state index >= 15 is 0 Å². The van der Waals surface area contributed by atoms with Gasteiger partial charge in [-0.3, -0.25) is 4.79 Å². The second-order valence-corrected chi connectivity index (χ2v) is 11.7. The average Bonchev–Trinajstić information content (AvgIpc) is 3.35. The molecule has 43 heavy (non-hydrogen) atoms. The number of hydrogen-bond donors (Lipinski definition) is 0. The van der Waals surface area contributed by atoms with Crippen molar-refractivity contribution in [2.24, 2.45) is 4.99 Å². The van der Waals surface area contributed by atoms with E-state index in [4.69, 9.17) is 9.47 Å². The van der Waals surface area contributed by atoms with Crippen molar-refractivity contribution in [2.75, 3.05) is 33.3 Å². The van der Waals surface area contributed by atoms with Crippen LogP contribution < -0.4 is 9.47 Å². The molecule has 0 N–H and O–H groups in total. The number of piperidine rings is 2. The predicted octanol–water partition coefficient (Wildman–Crippen LogP) is 7.23. The first kappa shape index (κ1) is 31.2. The molecule has 3 aliphatic heterocycles. The Morgan fingerprint density at radius 2 is 1.65 bits per heavy atom. The number of hydrogen-bond acceptors (Lipinski definition) is 6. The molecule has 5 rings (SSSR count). The molecule has 2 aromatic rings. The summed E-state index contributed by atoms with van der Waals surface area (Å²) in [7, 11) is 1.35. The summed E-state index contributed by atoms with van der Waals surface area (Å²) >= 11 is 1.30. The molecule has 3 heterocycles. The molecule has 0 saturated carbocycles. The minimum Gasteiger partial charge on any atom is -0.493 e. The predicted molar refractivity (Wildman–Crippen MR) is 152 cm³/mol. The Kier molecular flexibility index (Phi) is 9.31. The standard InChI is InChI=1S/C30H31F6N3O3S/c1-41-25-15-19(5-8-24(25)42-18-20-6-7-21(29(31,32)33)17-23(20)30(34,35)36)16-26-27(40)37-28(43-26)39-13-9-22(10-14-39)38-11-3-2-4-12-38/h5-8,15-17,22H,2-4,9-14,18H2,1H3. The molecule has 2 fully saturated rings. The van der Waals surface area contributed by atoms with Crippen molar-refractivity contribution in [1.29, 1.82) is 0 Å². The zero-order chi connectivity index (χ0) is 30.8. The highest BCUT2D eigenvalue weighted by Gasteiger charge is 2.38. The van der Waals surface area contributed by atoms with Crippen LogP contribution in [-0.4, -0.2) is 60.2 Å². The first-order chi connectivity index (χ1) is 20.4. The topological polar surface area (TPSA) is 54.4 Å². The van der Waals surface area contributed by atoms with Crippen LogP contribution in [0.25, 0.3) is 6.08 Å². The van der Waals surface area contributed by atoms with E-state index in [9.17, 15) is 31.1 Å². The number of rotatable bonds is 6. The maximum absolute atomic E-state index is 13.5. The fraction of sp³-hybridized carbons (Fsp3) is 0.467. The summed E-state index contributed by atoms with van der Waals surface area (Å²) in [6.45, 7) is 3.35. The Morgan fingerprint density at radius 1 is 0.930 bits per heavy atom. The number of halogens is 6. The molecule has 0 unspecified atom stereocenters. The van der Waals surface area contributed by atoms with E-state index < -0.39 is 35.6 Å². The summed E-state index contributed by atoms with van der Waals surface area (Å²) in [5, 5.41) is 0.678. The van der Waals surface area contributed by atoms with Crippen LogP contribution in [0.4, 0.5) is 26.3 Å². The van der Waals surface area contributed by atoms with E-state index in [1.807, 2.05) is 0 Å². The summed E-state index contributed by atoms with van der Waals surface area (Å²) in [5.41, 5.74) is -2.69. The number of benzene rings is 2. The number of amidine groups is 1. The lowest BCUT2D eigenvalue weighted by Crippen LogP contribution is -2.47. The maximum Gasteiger partial charge on any atom is 0.416 e. The molecule has 1 amide bonds. The lowest BCUT2D eigenvalue weighted by Gasteiger charge is -2.40. The van der Waals surface area contributed by atoms with Gasteiger partial charge in [0.15, 0.2) is 16.7 Å². The van der Waals surface area contributed by atoms with Crippen molar-refractivity contribution in [3.63, 3.8) is 0 Å². The Morgan fingerprint density at radius 3 is 2.30 bits per heavy atom. The number of likely N-dealkylation sites (tertiary alicyclic amines) is 2. The molecule has 0 aliphatic carbocycles. The summed E-state index contributed by atoms with van der Waals surface area (Å²) in [6.07, 6.45) is -2.40. The summed E-state index contributed by atoms with van der Waals surface area (Å²) in [5.74, 6) is -0.0674. The molecule has 232 valence electrons. The summed E-state index contributed by atoms with van der Waals surface area (Å²) in [4.78, 5) is 22.1. The number of alkyl halides is 6. The smallest absolute Gasteiger partial charge is 0.416 e. The molecule has 0 bridgehead atoms. The lowest BCUT2D eigenvalue weighted by atomic mass is 10.0. The van der Waals surface area contributed by atoms with Crippen LogP contribution >= 0.6 is 11.8 Å². The molecule has 3 aliphatic rings. The lowest BCUT2D eigenvalue weighted by molar-refractivity contribution is -0.143. The number of carbonyl (C=O) groups excluding carboxylic acids is 1. The number of methoxy groups -OCH3 is 1. The van der Waals surface area contributed by atoms with E-state index in [0.717, 1.165) is 45.1 Å². The van der Waals surface area contributed by atoms with Crippen LogP contribution in [-0.2, 0) is 23.8 Å².